The Hall–Kier alpha value is -1.67. The van der Waals surface area contributed by atoms with Crippen molar-refractivity contribution in [3.63, 3.8) is 0 Å². The van der Waals surface area contributed by atoms with Crippen LogP contribution in [0.4, 0.5) is 0 Å². The number of hydrogen-bond donors (Lipinski definition) is 1. The quantitative estimate of drug-likeness (QED) is 0.610. The number of rotatable bonds is 7. The third-order valence-electron chi connectivity index (χ3n) is 5.60. The van der Waals surface area contributed by atoms with Crippen molar-refractivity contribution in [3.05, 3.63) is 0 Å². The molecule has 0 aromatic rings. The molecule has 8 nitrogen and oxygen atoms in total. The van der Waals surface area contributed by atoms with Crippen LogP contribution in [0.25, 0.3) is 0 Å². The first-order valence-corrected chi connectivity index (χ1v) is 10.2. The zero-order valence-electron chi connectivity index (χ0n) is 16.3. The second-order valence-electron chi connectivity index (χ2n) is 7.80. The second kappa shape index (κ2) is 9.50. The van der Waals surface area contributed by atoms with Crippen LogP contribution in [-0.2, 0) is 19.1 Å². The molecule has 1 aliphatic carbocycles. The first-order chi connectivity index (χ1) is 13.0. The smallest absolute Gasteiger partial charge is 0.309 e. The topological polar surface area (TPSA) is 82.2 Å². The van der Waals surface area contributed by atoms with E-state index in [0.717, 1.165) is 39.0 Å². The fraction of sp³-hybridized carbons (Fsp3) is 0.842. The van der Waals surface area contributed by atoms with Gasteiger partial charge >= 0.3 is 5.97 Å². The summed E-state index contributed by atoms with van der Waals surface area (Å²) < 4.78 is 5.08. The molecule has 0 unspecified atom stereocenters. The van der Waals surface area contributed by atoms with Gasteiger partial charge in [-0.25, -0.2) is 0 Å². The third kappa shape index (κ3) is 6.17. The van der Waals surface area contributed by atoms with Crippen molar-refractivity contribution in [1.29, 1.82) is 0 Å². The van der Waals surface area contributed by atoms with Gasteiger partial charge in [-0.3, -0.25) is 24.2 Å². The van der Waals surface area contributed by atoms with Crippen LogP contribution in [0.5, 0.6) is 0 Å². The van der Waals surface area contributed by atoms with E-state index in [1.807, 2.05) is 11.8 Å². The summed E-state index contributed by atoms with van der Waals surface area (Å²) in [7, 11) is 0. The summed E-state index contributed by atoms with van der Waals surface area (Å²) >= 11 is 0. The zero-order chi connectivity index (χ0) is 19.2. The maximum absolute atomic E-state index is 12.5. The molecule has 1 saturated carbocycles. The first kappa shape index (κ1) is 20.1. The molecule has 2 heterocycles. The molecule has 0 radical (unpaired) electrons. The molecular formula is C19H32N4O4. The first-order valence-electron chi connectivity index (χ1n) is 10.2. The maximum atomic E-state index is 12.5. The van der Waals surface area contributed by atoms with Crippen molar-refractivity contribution >= 4 is 17.8 Å². The van der Waals surface area contributed by atoms with Gasteiger partial charge in [0.1, 0.15) is 0 Å². The highest BCUT2D eigenvalue weighted by molar-refractivity contribution is 5.79. The lowest BCUT2D eigenvalue weighted by atomic mass is 9.97. The number of carbonyl (C=O) groups is 3. The van der Waals surface area contributed by atoms with E-state index < -0.39 is 0 Å². The summed E-state index contributed by atoms with van der Waals surface area (Å²) in [5.74, 6) is 0.0505. The van der Waals surface area contributed by atoms with Crippen molar-refractivity contribution in [2.24, 2.45) is 5.92 Å². The minimum Gasteiger partial charge on any atom is -0.466 e. The van der Waals surface area contributed by atoms with Gasteiger partial charge in [0.2, 0.25) is 11.8 Å². The summed E-state index contributed by atoms with van der Waals surface area (Å²) in [4.78, 5) is 42.4. The van der Waals surface area contributed by atoms with E-state index in [0.29, 0.717) is 51.7 Å². The van der Waals surface area contributed by atoms with Gasteiger partial charge in [-0.05, 0) is 32.6 Å². The average molecular weight is 380 g/mol. The van der Waals surface area contributed by atoms with Crippen molar-refractivity contribution in [3.8, 4) is 0 Å². The summed E-state index contributed by atoms with van der Waals surface area (Å²) in [5, 5.41) is 3.02. The maximum Gasteiger partial charge on any atom is 0.309 e. The van der Waals surface area contributed by atoms with Crippen LogP contribution < -0.4 is 5.32 Å². The number of piperazine rings is 1. The van der Waals surface area contributed by atoms with Gasteiger partial charge in [0.25, 0.3) is 0 Å². The standard InChI is InChI=1S/C19H32N4O4/c1-2-27-19(26)15-5-7-23(8-6-15)18(25)14-22-11-9-21(10-12-22)13-17(24)20-16-3-4-16/h15-16H,2-14H2,1H3,(H,20,24). The van der Waals surface area contributed by atoms with Crippen molar-refractivity contribution < 1.29 is 19.1 Å². The van der Waals surface area contributed by atoms with Crippen LogP contribution in [0.1, 0.15) is 32.6 Å². The lowest BCUT2D eigenvalue weighted by molar-refractivity contribution is -0.151. The Balaban J connectivity index is 1.32. The van der Waals surface area contributed by atoms with Crippen LogP contribution in [0, 0.1) is 5.92 Å². The molecule has 2 amide bonds. The molecule has 0 spiro atoms. The van der Waals surface area contributed by atoms with Gasteiger partial charge < -0.3 is 15.0 Å². The molecule has 8 heteroatoms. The molecule has 0 aromatic carbocycles. The summed E-state index contributed by atoms with van der Waals surface area (Å²) in [5.41, 5.74) is 0. The Labute approximate surface area is 161 Å². The number of nitrogens with one attached hydrogen (secondary N) is 1. The molecule has 0 aromatic heterocycles. The average Bonchev–Trinajstić information content (AvgIpc) is 3.47. The van der Waals surface area contributed by atoms with Gasteiger partial charge in [-0.2, -0.15) is 0 Å². The highest BCUT2D eigenvalue weighted by Crippen LogP contribution is 2.19. The molecule has 2 aliphatic heterocycles. The minimum atomic E-state index is -0.133. The van der Waals surface area contributed by atoms with Crippen molar-refractivity contribution in [2.75, 3.05) is 59.0 Å². The number of hydrogen-bond acceptors (Lipinski definition) is 6. The molecule has 152 valence electrons. The van der Waals surface area contributed by atoms with Gasteiger partial charge in [-0.15, -0.1) is 0 Å². The lowest BCUT2D eigenvalue weighted by Crippen LogP contribution is -2.52. The van der Waals surface area contributed by atoms with Crippen LogP contribution in [-0.4, -0.2) is 97.5 Å². The molecule has 1 N–H and O–H groups in total. The number of likely N-dealkylation sites (tertiary alicyclic amines) is 1. The Bertz CT molecular complexity index is 536. The normalized spacial score (nSPS) is 22.5. The van der Waals surface area contributed by atoms with E-state index in [4.69, 9.17) is 4.74 Å². The molecular weight excluding hydrogens is 348 g/mol. The van der Waals surface area contributed by atoms with Gasteiger partial charge in [0.05, 0.1) is 25.6 Å². The van der Waals surface area contributed by atoms with Crippen LogP contribution in [0.2, 0.25) is 0 Å². The molecule has 0 atom stereocenters. The molecule has 2 saturated heterocycles. The van der Waals surface area contributed by atoms with Crippen LogP contribution >= 0.6 is 0 Å². The summed E-state index contributed by atoms with van der Waals surface area (Å²) in [6.07, 6.45) is 3.60. The second-order valence-corrected chi connectivity index (χ2v) is 7.80. The van der Waals surface area contributed by atoms with E-state index >= 15 is 0 Å². The summed E-state index contributed by atoms with van der Waals surface area (Å²) in [6, 6.07) is 0.407. The predicted molar refractivity (Wildman–Crippen MR) is 100.0 cm³/mol. The van der Waals surface area contributed by atoms with Crippen LogP contribution in [0.3, 0.4) is 0 Å². The van der Waals surface area contributed by atoms with E-state index in [1.165, 1.54) is 0 Å². The molecule has 3 fully saturated rings. The summed E-state index contributed by atoms with van der Waals surface area (Å²) in [6.45, 7) is 7.61. The number of amides is 2. The van der Waals surface area contributed by atoms with Gasteiger partial charge in [-0.1, -0.05) is 0 Å². The Morgan fingerprint density at radius 3 is 2.04 bits per heavy atom. The Kier molecular flexibility index (Phi) is 7.07. The number of nitrogens with zero attached hydrogens (tertiary/aromatic N) is 3. The highest BCUT2D eigenvalue weighted by atomic mass is 16.5. The van der Waals surface area contributed by atoms with Gasteiger partial charge in [0, 0.05) is 45.3 Å². The molecule has 0 bridgehead atoms. The monoisotopic (exact) mass is 380 g/mol. The lowest BCUT2D eigenvalue weighted by Gasteiger charge is -2.36. The fourth-order valence-electron chi connectivity index (χ4n) is 3.73. The molecule has 27 heavy (non-hydrogen) atoms. The fourth-order valence-corrected chi connectivity index (χ4v) is 3.73. The molecule has 3 aliphatic rings. The Morgan fingerprint density at radius 2 is 1.48 bits per heavy atom. The van der Waals surface area contributed by atoms with E-state index in [1.54, 1.807) is 0 Å². The van der Waals surface area contributed by atoms with E-state index in [-0.39, 0.29) is 23.7 Å². The van der Waals surface area contributed by atoms with E-state index in [2.05, 4.69) is 15.1 Å². The predicted octanol–water partition coefficient (Wildman–Crippen LogP) is -0.316. The molecule has 3 rings (SSSR count). The minimum absolute atomic E-state index is 0.0701. The highest BCUT2D eigenvalue weighted by Gasteiger charge is 2.30. The van der Waals surface area contributed by atoms with Crippen molar-refractivity contribution in [1.82, 2.24) is 20.0 Å². The number of ether oxygens (including phenoxy) is 1. The van der Waals surface area contributed by atoms with E-state index in [9.17, 15) is 14.4 Å². The van der Waals surface area contributed by atoms with Gasteiger partial charge in [0.15, 0.2) is 0 Å². The SMILES string of the molecule is CCOC(=O)C1CCN(C(=O)CN2CCN(CC(=O)NC3CC3)CC2)CC1. The van der Waals surface area contributed by atoms with Crippen molar-refractivity contribution in [2.45, 2.75) is 38.6 Å². The number of esters is 1. The zero-order valence-corrected chi connectivity index (χ0v) is 16.3. The number of piperidine rings is 1. The third-order valence-corrected chi connectivity index (χ3v) is 5.60. The number of carbonyl (C=O) groups excluding carboxylic acids is 3. The largest absolute Gasteiger partial charge is 0.466 e. The van der Waals surface area contributed by atoms with Crippen LogP contribution in [0.15, 0.2) is 0 Å². The Morgan fingerprint density at radius 1 is 0.889 bits per heavy atom.